The number of carbonyl (C=O) groups excluding carboxylic acids is 3. The van der Waals surface area contributed by atoms with Gasteiger partial charge >= 0.3 is 11.9 Å². The molecule has 0 aromatic heterocycles. The minimum absolute atomic E-state index is 0.0117. The Hall–Kier alpha value is -2.49. The molecule has 1 rings (SSSR count). The molecule has 0 saturated carbocycles. The molecule has 1 aromatic carbocycles. The first-order valence-electron chi connectivity index (χ1n) is 7.91. The van der Waals surface area contributed by atoms with Crippen LogP contribution in [0.25, 0.3) is 0 Å². The van der Waals surface area contributed by atoms with Gasteiger partial charge in [0.25, 0.3) is 0 Å². The summed E-state index contributed by atoms with van der Waals surface area (Å²) in [5, 5.41) is 9.47. The van der Waals surface area contributed by atoms with Crippen molar-refractivity contribution in [2.24, 2.45) is 0 Å². The number of aldehydes is 1. The van der Waals surface area contributed by atoms with Gasteiger partial charge < -0.3 is 14.6 Å². The van der Waals surface area contributed by atoms with Crippen LogP contribution in [0, 0.1) is 23.3 Å². The lowest BCUT2D eigenvalue weighted by Crippen LogP contribution is -2.44. The van der Waals surface area contributed by atoms with Gasteiger partial charge in [-0.15, -0.1) is 0 Å². The first-order chi connectivity index (χ1) is 12.6. The van der Waals surface area contributed by atoms with Gasteiger partial charge in [-0.3, -0.25) is 9.59 Å². The van der Waals surface area contributed by atoms with E-state index in [4.69, 9.17) is 0 Å². The summed E-state index contributed by atoms with van der Waals surface area (Å²) in [5.41, 5.74) is -2.60. The van der Waals surface area contributed by atoms with Crippen molar-refractivity contribution in [3.8, 4) is 0 Å². The predicted octanol–water partition coefficient (Wildman–Crippen LogP) is 2.24. The van der Waals surface area contributed by atoms with E-state index in [1.807, 2.05) is 0 Å². The quantitative estimate of drug-likeness (QED) is 0.190. The van der Waals surface area contributed by atoms with Crippen LogP contribution >= 0.6 is 0 Å². The molecule has 0 saturated heterocycles. The van der Waals surface area contributed by atoms with Crippen molar-refractivity contribution < 1.29 is 46.5 Å². The summed E-state index contributed by atoms with van der Waals surface area (Å²) in [6, 6.07) is 0.660. The molecule has 27 heavy (non-hydrogen) atoms. The molecule has 1 unspecified atom stereocenters. The molecule has 0 spiro atoms. The molecule has 0 radical (unpaired) electrons. The first-order valence-corrected chi connectivity index (χ1v) is 7.91. The van der Waals surface area contributed by atoms with Crippen molar-refractivity contribution in [1.82, 2.24) is 0 Å². The Bertz CT molecular complexity index is 680. The molecule has 0 aliphatic rings. The van der Waals surface area contributed by atoms with Gasteiger partial charge in [0.05, 0.1) is 19.6 Å². The minimum Gasteiger partial charge on any atom is -0.466 e. The third-order valence-corrected chi connectivity index (χ3v) is 3.10. The summed E-state index contributed by atoms with van der Waals surface area (Å²) in [6.07, 6.45) is -0.634. The second-order valence-electron chi connectivity index (χ2n) is 5.06. The van der Waals surface area contributed by atoms with Crippen molar-refractivity contribution in [2.45, 2.75) is 39.2 Å². The van der Waals surface area contributed by atoms with E-state index in [2.05, 4.69) is 9.47 Å². The van der Waals surface area contributed by atoms with Crippen LogP contribution in [0.2, 0.25) is 0 Å². The van der Waals surface area contributed by atoms with Crippen LogP contribution < -0.4 is 0 Å². The number of carbonyl (C=O) groups is 3. The van der Waals surface area contributed by atoms with E-state index in [9.17, 15) is 37.1 Å². The summed E-state index contributed by atoms with van der Waals surface area (Å²) in [7, 11) is 0. The first kappa shape index (κ1) is 24.5. The average molecular weight is 396 g/mol. The van der Waals surface area contributed by atoms with Crippen molar-refractivity contribution in [1.29, 1.82) is 0 Å². The fraction of sp³-hybridized carbons (Fsp3) is 0.471. The highest BCUT2D eigenvalue weighted by atomic mass is 19.2. The second-order valence-corrected chi connectivity index (χ2v) is 5.06. The number of halogens is 4. The van der Waals surface area contributed by atoms with Crippen LogP contribution in [-0.4, -0.2) is 42.1 Å². The summed E-state index contributed by atoms with van der Waals surface area (Å²) in [4.78, 5) is 32.6. The molecule has 1 N–H and O–H groups in total. The summed E-state index contributed by atoms with van der Waals surface area (Å²) < 4.78 is 58.8. The molecular formula is C17H20F4O6. The molecule has 1 aromatic rings. The minimum atomic E-state index is -2.44. The Morgan fingerprint density at radius 3 is 2.04 bits per heavy atom. The Balaban J connectivity index is 0.000000511. The topological polar surface area (TPSA) is 89.9 Å². The summed E-state index contributed by atoms with van der Waals surface area (Å²) >= 11 is 0. The largest absolute Gasteiger partial charge is 0.466 e. The average Bonchev–Trinajstić information content (AvgIpc) is 2.63. The van der Waals surface area contributed by atoms with Gasteiger partial charge in [0.15, 0.2) is 29.6 Å². The lowest BCUT2D eigenvalue weighted by Gasteiger charge is -2.17. The van der Waals surface area contributed by atoms with E-state index < -0.39 is 47.2 Å². The Morgan fingerprint density at radius 1 is 1.04 bits per heavy atom. The van der Waals surface area contributed by atoms with Gasteiger partial charge in [-0.05, 0) is 31.9 Å². The van der Waals surface area contributed by atoms with E-state index in [1.54, 1.807) is 6.92 Å². The lowest BCUT2D eigenvalue weighted by molar-refractivity contribution is -0.172. The number of hydrogen-bond acceptors (Lipinski definition) is 6. The van der Waals surface area contributed by atoms with E-state index in [1.165, 1.54) is 13.8 Å². The summed E-state index contributed by atoms with van der Waals surface area (Å²) in [5.74, 6) is -8.15. The van der Waals surface area contributed by atoms with Gasteiger partial charge in [0.1, 0.15) is 0 Å². The number of aryl methyl sites for hydroxylation is 1. The molecule has 0 aliphatic heterocycles. The second kappa shape index (κ2) is 11.3. The normalized spacial score (nSPS) is 12.3. The number of aliphatic hydroxyl groups is 1. The Kier molecular flexibility index (Phi) is 10.2. The molecule has 0 aliphatic carbocycles. The van der Waals surface area contributed by atoms with Gasteiger partial charge in [0.2, 0.25) is 5.60 Å². The standard InChI is InChI=1S/C9H14O6.C8H6F4/c1-3-14-7(11)5-9(13,6-10)8(12)15-4-2;1-2-4-3-5(9)7(11)8(12)6(4)10/h6,13H,3-5H2,1-2H3;3H,2H2,1H3. The zero-order chi connectivity index (χ0) is 21.2. The van der Waals surface area contributed by atoms with Crippen LogP contribution in [0.5, 0.6) is 0 Å². The zero-order valence-corrected chi connectivity index (χ0v) is 15.0. The van der Waals surface area contributed by atoms with E-state index in [0.29, 0.717) is 6.07 Å². The van der Waals surface area contributed by atoms with Crippen LogP contribution in [0.15, 0.2) is 6.07 Å². The fourth-order valence-electron chi connectivity index (χ4n) is 1.73. The number of rotatable bonds is 7. The SMILES string of the molecule is CCOC(=O)CC(O)(C=O)C(=O)OCC.CCc1cc(F)c(F)c(F)c1F. The molecule has 0 heterocycles. The monoisotopic (exact) mass is 396 g/mol. The van der Waals surface area contributed by atoms with Crippen molar-refractivity contribution in [3.05, 3.63) is 34.9 Å². The number of esters is 2. The van der Waals surface area contributed by atoms with Crippen molar-refractivity contribution in [3.63, 3.8) is 0 Å². The molecule has 152 valence electrons. The van der Waals surface area contributed by atoms with Gasteiger partial charge in [0, 0.05) is 0 Å². The maximum atomic E-state index is 12.7. The van der Waals surface area contributed by atoms with Crippen molar-refractivity contribution >= 4 is 18.2 Å². The molecule has 0 fully saturated rings. The van der Waals surface area contributed by atoms with Crippen LogP contribution in [0.4, 0.5) is 17.6 Å². The van der Waals surface area contributed by atoms with Crippen LogP contribution in [0.3, 0.4) is 0 Å². The van der Waals surface area contributed by atoms with Crippen molar-refractivity contribution in [2.75, 3.05) is 13.2 Å². The molecule has 10 heteroatoms. The maximum Gasteiger partial charge on any atom is 0.346 e. The highest BCUT2D eigenvalue weighted by Gasteiger charge is 2.40. The molecule has 1 atom stereocenters. The summed E-state index contributed by atoms with van der Waals surface area (Å²) in [6.45, 7) is 4.74. The lowest BCUT2D eigenvalue weighted by atomic mass is 10.0. The van der Waals surface area contributed by atoms with Crippen LogP contribution in [-0.2, 0) is 30.3 Å². The molecule has 0 bridgehead atoms. The van der Waals surface area contributed by atoms with E-state index >= 15 is 0 Å². The molecule has 0 amide bonds. The Morgan fingerprint density at radius 2 is 1.59 bits per heavy atom. The highest BCUT2D eigenvalue weighted by molar-refractivity contribution is 6.00. The third kappa shape index (κ3) is 6.97. The fourth-order valence-corrected chi connectivity index (χ4v) is 1.73. The predicted molar refractivity (Wildman–Crippen MR) is 84.5 cm³/mol. The van der Waals surface area contributed by atoms with E-state index in [0.717, 1.165) is 0 Å². The van der Waals surface area contributed by atoms with Gasteiger partial charge in [-0.1, -0.05) is 6.92 Å². The number of hydrogen-bond donors (Lipinski definition) is 1. The molecular weight excluding hydrogens is 376 g/mol. The Labute approximate surface area is 153 Å². The van der Waals surface area contributed by atoms with Gasteiger partial charge in [-0.2, -0.15) is 0 Å². The third-order valence-electron chi connectivity index (χ3n) is 3.10. The van der Waals surface area contributed by atoms with Crippen LogP contribution in [0.1, 0.15) is 32.8 Å². The molecule has 6 nitrogen and oxygen atoms in total. The maximum absolute atomic E-state index is 12.7. The van der Waals surface area contributed by atoms with Gasteiger partial charge in [-0.25, -0.2) is 22.4 Å². The zero-order valence-electron chi connectivity index (χ0n) is 15.0. The smallest absolute Gasteiger partial charge is 0.346 e. The van der Waals surface area contributed by atoms with E-state index in [-0.39, 0.29) is 31.5 Å². The number of benzene rings is 1. The highest BCUT2D eigenvalue weighted by Crippen LogP contribution is 2.18. The number of ether oxygens (including phenoxy) is 2.